The van der Waals surface area contributed by atoms with Crippen molar-refractivity contribution in [2.75, 3.05) is 0 Å². The molecule has 0 bridgehead atoms. The minimum absolute atomic E-state index is 0.129. The summed E-state index contributed by atoms with van der Waals surface area (Å²) in [7, 11) is -10.2. The van der Waals surface area contributed by atoms with E-state index < -0.39 is 53.1 Å². The molecule has 0 atom stereocenters. The quantitative estimate of drug-likeness (QED) is 0.529. The van der Waals surface area contributed by atoms with E-state index in [1.165, 1.54) is 0 Å². The molecule has 0 aliphatic heterocycles. The van der Waals surface area contributed by atoms with Crippen molar-refractivity contribution in [2.45, 2.75) is 9.79 Å². The van der Waals surface area contributed by atoms with Crippen LogP contribution in [0.15, 0.2) is 21.9 Å². The standard InChI is InChI=1S/C8H6O10S2/c9-7(10)3-1-5(19(13,14)15)4(8(11)12)2-6(3)20(16,17)18/h1-2H,(H,9,10)(H,11,12)(H,13,14,15)(H,16,17,18). The summed E-state index contributed by atoms with van der Waals surface area (Å²) in [5, 5.41) is 17.5. The molecule has 0 amide bonds. The summed E-state index contributed by atoms with van der Waals surface area (Å²) < 4.78 is 61.6. The van der Waals surface area contributed by atoms with Crippen LogP contribution in [0.1, 0.15) is 20.7 Å². The van der Waals surface area contributed by atoms with E-state index in [2.05, 4.69) is 0 Å². The van der Waals surface area contributed by atoms with Crippen LogP contribution in [-0.2, 0) is 20.2 Å². The molecule has 1 aromatic carbocycles. The predicted molar refractivity (Wildman–Crippen MR) is 60.0 cm³/mol. The maximum atomic E-state index is 11.0. The highest BCUT2D eigenvalue weighted by Gasteiger charge is 2.29. The van der Waals surface area contributed by atoms with Crippen LogP contribution in [0.4, 0.5) is 0 Å². The second-order valence-corrected chi connectivity index (χ2v) is 6.18. The summed E-state index contributed by atoms with van der Waals surface area (Å²) >= 11 is 0. The van der Waals surface area contributed by atoms with Gasteiger partial charge in [-0.3, -0.25) is 9.11 Å². The van der Waals surface area contributed by atoms with E-state index in [1.807, 2.05) is 0 Å². The molecule has 1 rings (SSSR count). The third kappa shape index (κ3) is 3.11. The van der Waals surface area contributed by atoms with Crippen LogP contribution in [-0.4, -0.2) is 48.1 Å². The van der Waals surface area contributed by atoms with Crippen LogP contribution in [0.25, 0.3) is 0 Å². The average Bonchev–Trinajstić information content (AvgIpc) is 2.24. The van der Waals surface area contributed by atoms with Crippen molar-refractivity contribution in [3.05, 3.63) is 23.3 Å². The molecule has 10 nitrogen and oxygen atoms in total. The van der Waals surface area contributed by atoms with Gasteiger partial charge in [0.2, 0.25) is 0 Å². The van der Waals surface area contributed by atoms with E-state index in [-0.39, 0.29) is 12.1 Å². The van der Waals surface area contributed by atoms with Crippen molar-refractivity contribution in [1.82, 2.24) is 0 Å². The first kappa shape index (κ1) is 16.0. The molecule has 0 aromatic heterocycles. The number of benzene rings is 1. The maximum absolute atomic E-state index is 11.0. The number of carboxylic acid groups (broad SMARTS) is 2. The molecular weight excluding hydrogens is 320 g/mol. The van der Waals surface area contributed by atoms with Crippen molar-refractivity contribution in [1.29, 1.82) is 0 Å². The van der Waals surface area contributed by atoms with Crippen LogP contribution in [0.5, 0.6) is 0 Å². The molecule has 0 aliphatic rings. The van der Waals surface area contributed by atoms with E-state index in [9.17, 15) is 26.4 Å². The van der Waals surface area contributed by atoms with Crippen molar-refractivity contribution in [3.63, 3.8) is 0 Å². The van der Waals surface area contributed by atoms with Crippen molar-refractivity contribution in [2.24, 2.45) is 0 Å². The Morgan fingerprint density at radius 1 is 0.750 bits per heavy atom. The lowest BCUT2D eigenvalue weighted by Crippen LogP contribution is -2.15. The van der Waals surface area contributed by atoms with Gasteiger partial charge in [0.15, 0.2) is 0 Å². The lowest BCUT2D eigenvalue weighted by Gasteiger charge is -2.08. The van der Waals surface area contributed by atoms with E-state index in [0.29, 0.717) is 0 Å². The molecule has 0 fully saturated rings. The molecule has 0 radical (unpaired) electrons. The summed E-state index contributed by atoms with van der Waals surface area (Å²) in [6.07, 6.45) is 0. The van der Waals surface area contributed by atoms with Crippen LogP contribution >= 0.6 is 0 Å². The molecule has 12 heteroatoms. The first-order valence-corrected chi connectivity index (χ1v) is 7.33. The zero-order valence-electron chi connectivity index (χ0n) is 9.21. The van der Waals surface area contributed by atoms with Gasteiger partial charge in [-0.2, -0.15) is 16.8 Å². The predicted octanol–water partition coefficient (Wildman–Crippen LogP) is -0.424. The molecule has 0 unspecified atom stereocenters. The second kappa shape index (κ2) is 4.82. The van der Waals surface area contributed by atoms with Gasteiger partial charge in [-0.25, -0.2) is 9.59 Å². The molecule has 20 heavy (non-hydrogen) atoms. The highest BCUT2D eigenvalue weighted by atomic mass is 32.2. The zero-order chi connectivity index (χ0) is 15.9. The first-order chi connectivity index (χ1) is 8.85. The molecule has 0 saturated heterocycles. The molecule has 1 aromatic rings. The smallest absolute Gasteiger partial charge is 0.337 e. The number of carboxylic acids is 2. The van der Waals surface area contributed by atoms with Crippen molar-refractivity contribution < 1.29 is 45.7 Å². The highest BCUT2D eigenvalue weighted by molar-refractivity contribution is 7.86. The van der Waals surface area contributed by atoms with Crippen LogP contribution in [0.3, 0.4) is 0 Å². The highest BCUT2D eigenvalue weighted by Crippen LogP contribution is 2.25. The number of hydrogen-bond donors (Lipinski definition) is 4. The van der Waals surface area contributed by atoms with Gasteiger partial charge in [0.25, 0.3) is 20.2 Å². The number of hydrogen-bond acceptors (Lipinski definition) is 6. The van der Waals surface area contributed by atoms with Gasteiger partial charge in [-0.1, -0.05) is 0 Å². The Kier molecular flexibility index (Phi) is 3.87. The maximum Gasteiger partial charge on any atom is 0.337 e. The first-order valence-electron chi connectivity index (χ1n) is 4.45. The minimum atomic E-state index is -5.12. The van der Waals surface area contributed by atoms with Crippen LogP contribution < -0.4 is 0 Å². The molecule has 0 aliphatic carbocycles. The van der Waals surface area contributed by atoms with E-state index in [1.54, 1.807) is 0 Å². The van der Waals surface area contributed by atoms with Gasteiger partial charge < -0.3 is 10.2 Å². The largest absolute Gasteiger partial charge is 0.478 e. The van der Waals surface area contributed by atoms with Crippen LogP contribution in [0.2, 0.25) is 0 Å². The van der Waals surface area contributed by atoms with Gasteiger partial charge >= 0.3 is 11.9 Å². The van der Waals surface area contributed by atoms with E-state index in [4.69, 9.17) is 19.3 Å². The van der Waals surface area contributed by atoms with Gasteiger partial charge in [0, 0.05) is 0 Å². The van der Waals surface area contributed by atoms with Crippen molar-refractivity contribution in [3.8, 4) is 0 Å². The van der Waals surface area contributed by atoms with Crippen LogP contribution in [0, 0.1) is 0 Å². The Bertz CT molecular complexity index is 732. The Hall–Kier alpha value is -2.02. The molecule has 110 valence electrons. The lowest BCUT2D eigenvalue weighted by molar-refractivity contribution is 0.0674. The number of rotatable bonds is 4. The fourth-order valence-corrected chi connectivity index (χ4v) is 2.70. The summed E-state index contributed by atoms with van der Waals surface area (Å²) in [5.41, 5.74) is -2.41. The number of carbonyl (C=O) groups is 2. The fourth-order valence-electron chi connectivity index (χ4n) is 1.32. The van der Waals surface area contributed by atoms with Gasteiger partial charge in [-0.15, -0.1) is 0 Å². The van der Waals surface area contributed by atoms with Crippen molar-refractivity contribution >= 4 is 32.2 Å². The third-order valence-electron chi connectivity index (χ3n) is 2.10. The van der Waals surface area contributed by atoms with E-state index >= 15 is 0 Å². The Labute approximate surface area is 111 Å². The fraction of sp³-hybridized carbons (Fsp3) is 0. The Morgan fingerprint density at radius 2 is 1.00 bits per heavy atom. The summed E-state index contributed by atoms with van der Waals surface area (Å²) in [6.45, 7) is 0. The van der Waals surface area contributed by atoms with E-state index in [0.717, 1.165) is 0 Å². The molecular formula is C8H6O10S2. The molecule has 0 spiro atoms. The average molecular weight is 326 g/mol. The normalized spacial score (nSPS) is 12.1. The number of aromatic carboxylic acids is 2. The van der Waals surface area contributed by atoms with Gasteiger partial charge in [0.05, 0.1) is 11.1 Å². The molecule has 0 saturated carbocycles. The zero-order valence-corrected chi connectivity index (χ0v) is 10.8. The van der Waals surface area contributed by atoms with Gasteiger partial charge in [0.1, 0.15) is 9.79 Å². The Morgan fingerprint density at radius 3 is 1.15 bits per heavy atom. The topological polar surface area (TPSA) is 183 Å². The second-order valence-electron chi connectivity index (χ2n) is 3.40. The minimum Gasteiger partial charge on any atom is -0.478 e. The summed E-state index contributed by atoms with van der Waals surface area (Å²) in [4.78, 5) is 19.0. The third-order valence-corrected chi connectivity index (χ3v) is 3.89. The Balaban J connectivity index is 3.99. The lowest BCUT2D eigenvalue weighted by atomic mass is 10.1. The monoisotopic (exact) mass is 326 g/mol. The SMILES string of the molecule is O=C(O)c1cc(S(=O)(=O)O)c(C(=O)O)cc1S(=O)(=O)O. The molecule has 0 heterocycles. The van der Waals surface area contributed by atoms with Gasteiger partial charge in [-0.05, 0) is 12.1 Å². The molecule has 4 N–H and O–H groups in total. The summed E-state index contributed by atoms with van der Waals surface area (Å²) in [6, 6.07) is 0.258. The summed E-state index contributed by atoms with van der Waals surface area (Å²) in [5.74, 6) is -3.89.